The van der Waals surface area contributed by atoms with Gasteiger partial charge in [-0.3, -0.25) is 0 Å². The number of halogens is 1. The van der Waals surface area contributed by atoms with E-state index in [0.717, 1.165) is 59.0 Å². The summed E-state index contributed by atoms with van der Waals surface area (Å²) in [5, 5.41) is 11.5. The van der Waals surface area contributed by atoms with Crippen LogP contribution in [0.1, 0.15) is 25.1 Å². The number of H-pyrrole nitrogens is 1. The number of rotatable bonds is 4. The Hall–Kier alpha value is -2.72. The molecule has 0 bridgehead atoms. The third-order valence-electron chi connectivity index (χ3n) is 6.13. The van der Waals surface area contributed by atoms with E-state index in [1.54, 1.807) is 10.7 Å². The summed E-state index contributed by atoms with van der Waals surface area (Å²) in [5.74, 6) is 2.24. The van der Waals surface area contributed by atoms with E-state index in [1.807, 2.05) is 24.3 Å². The molecule has 0 radical (unpaired) electrons. The third-order valence-corrected chi connectivity index (χ3v) is 6.69. The predicted molar refractivity (Wildman–Crippen MR) is 119 cm³/mol. The van der Waals surface area contributed by atoms with Crippen molar-refractivity contribution in [2.75, 3.05) is 29.9 Å². The highest BCUT2D eigenvalue weighted by Crippen LogP contribution is 2.32. The standard InChI is InChI=1S/C20H22BrN9/c21-13-10-24-30-17(13)27-19(29-9-7-20(12-29)6-3-8-23-20)28-18(30)22-11-16-25-14-4-1-2-5-15(14)26-16/h1-2,4-5,10,23H,3,6-9,11-12H2,(H,25,26)(H,22,27,28). The maximum absolute atomic E-state index is 4.83. The Morgan fingerprint density at radius 2 is 2.10 bits per heavy atom. The molecule has 10 heteroatoms. The molecule has 0 aliphatic carbocycles. The molecule has 2 saturated heterocycles. The first-order chi connectivity index (χ1) is 14.7. The minimum atomic E-state index is 0.217. The van der Waals surface area contributed by atoms with Gasteiger partial charge in [0.1, 0.15) is 5.82 Å². The van der Waals surface area contributed by atoms with Crippen LogP contribution in [0.3, 0.4) is 0 Å². The summed E-state index contributed by atoms with van der Waals surface area (Å²) in [6, 6.07) is 8.02. The predicted octanol–water partition coefficient (Wildman–Crippen LogP) is 2.71. The largest absolute Gasteiger partial charge is 0.347 e. The van der Waals surface area contributed by atoms with Gasteiger partial charge in [0.15, 0.2) is 5.65 Å². The normalized spacial score (nSPS) is 21.4. The molecule has 0 amide bonds. The fourth-order valence-corrected chi connectivity index (χ4v) is 4.96. The van der Waals surface area contributed by atoms with E-state index in [-0.39, 0.29) is 5.54 Å². The van der Waals surface area contributed by atoms with Crippen LogP contribution in [0.5, 0.6) is 0 Å². The Morgan fingerprint density at radius 3 is 2.97 bits per heavy atom. The van der Waals surface area contributed by atoms with Crippen LogP contribution in [-0.4, -0.2) is 54.7 Å². The molecule has 3 N–H and O–H groups in total. The SMILES string of the molecule is Brc1cnn2c(NCc3nc4ccccc4[nH]3)nc(N3CCC4(CCCN4)C3)nc12. The molecule has 9 nitrogen and oxygen atoms in total. The molecule has 0 saturated carbocycles. The lowest BCUT2D eigenvalue weighted by molar-refractivity contribution is 0.418. The number of hydrogen-bond donors (Lipinski definition) is 3. The molecule has 30 heavy (non-hydrogen) atoms. The molecule has 5 heterocycles. The van der Waals surface area contributed by atoms with Gasteiger partial charge in [0, 0.05) is 18.6 Å². The highest BCUT2D eigenvalue weighted by molar-refractivity contribution is 9.10. The number of nitrogens with zero attached hydrogens (tertiary/aromatic N) is 6. The maximum atomic E-state index is 4.83. The Bertz CT molecular complexity index is 1190. The minimum absolute atomic E-state index is 0.217. The molecule has 6 rings (SSSR count). The molecule has 1 unspecified atom stereocenters. The van der Waals surface area contributed by atoms with Gasteiger partial charge in [-0.2, -0.15) is 19.6 Å². The van der Waals surface area contributed by atoms with E-state index in [2.05, 4.69) is 46.5 Å². The lowest BCUT2D eigenvalue weighted by Crippen LogP contribution is -2.42. The minimum Gasteiger partial charge on any atom is -0.347 e. The van der Waals surface area contributed by atoms with Crippen molar-refractivity contribution in [1.82, 2.24) is 34.9 Å². The van der Waals surface area contributed by atoms with Crippen molar-refractivity contribution in [2.45, 2.75) is 31.3 Å². The van der Waals surface area contributed by atoms with Gasteiger partial charge in [0.05, 0.1) is 28.2 Å². The number of fused-ring (bicyclic) bond motifs is 2. The van der Waals surface area contributed by atoms with Crippen LogP contribution >= 0.6 is 15.9 Å². The fourth-order valence-electron chi connectivity index (χ4n) is 4.61. The van der Waals surface area contributed by atoms with Gasteiger partial charge in [-0.05, 0) is 53.9 Å². The van der Waals surface area contributed by atoms with Crippen molar-refractivity contribution in [3.8, 4) is 0 Å². The maximum Gasteiger partial charge on any atom is 0.230 e. The second kappa shape index (κ2) is 6.92. The molecule has 1 aromatic carbocycles. The first-order valence-corrected chi connectivity index (χ1v) is 11.1. The zero-order valence-corrected chi connectivity index (χ0v) is 18.0. The summed E-state index contributed by atoms with van der Waals surface area (Å²) >= 11 is 3.57. The van der Waals surface area contributed by atoms with Crippen LogP contribution in [0, 0.1) is 0 Å². The lowest BCUT2D eigenvalue weighted by Gasteiger charge is -2.24. The molecule has 4 aromatic rings. The van der Waals surface area contributed by atoms with Crippen molar-refractivity contribution >= 4 is 44.5 Å². The quantitative estimate of drug-likeness (QED) is 0.424. The highest BCUT2D eigenvalue weighted by atomic mass is 79.9. The summed E-state index contributed by atoms with van der Waals surface area (Å²) in [6.45, 7) is 3.52. The third kappa shape index (κ3) is 3.02. The van der Waals surface area contributed by atoms with Crippen molar-refractivity contribution in [2.24, 2.45) is 0 Å². The van der Waals surface area contributed by atoms with Crippen molar-refractivity contribution in [3.63, 3.8) is 0 Å². The molecule has 154 valence electrons. The van der Waals surface area contributed by atoms with Crippen molar-refractivity contribution in [3.05, 3.63) is 40.8 Å². The second-order valence-electron chi connectivity index (χ2n) is 8.11. The molecule has 1 atom stereocenters. The van der Waals surface area contributed by atoms with Gasteiger partial charge in [-0.1, -0.05) is 12.1 Å². The zero-order valence-electron chi connectivity index (χ0n) is 16.4. The molecule has 2 aliphatic heterocycles. The second-order valence-corrected chi connectivity index (χ2v) is 8.97. The molecular weight excluding hydrogens is 446 g/mol. The number of aromatic nitrogens is 6. The van der Waals surface area contributed by atoms with Crippen LogP contribution in [-0.2, 0) is 6.54 Å². The fraction of sp³-hybridized carbons (Fsp3) is 0.400. The van der Waals surface area contributed by atoms with Crippen LogP contribution < -0.4 is 15.5 Å². The van der Waals surface area contributed by atoms with E-state index >= 15 is 0 Å². The summed E-state index contributed by atoms with van der Waals surface area (Å²) in [5.41, 5.74) is 2.95. The van der Waals surface area contributed by atoms with Gasteiger partial charge in [0.25, 0.3) is 0 Å². The van der Waals surface area contributed by atoms with E-state index in [1.165, 1.54) is 12.8 Å². The molecular formula is C20H22BrN9. The first-order valence-electron chi connectivity index (χ1n) is 10.3. The van der Waals surface area contributed by atoms with Crippen LogP contribution in [0.4, 0.5) is 11.9 Å². The Morgan fingerprint density at radius 1 is 1.17 bits per heavy atom. The number of benzene rings is 1. The number of aromatic amines is 1. The van der Waals surface area contributed by atoms with E-state index in [4.69, 9.17) is 9.97 Å². The van der Waals surface area contributed by atoms with E-state index in [9.17, 15) is 0 Å². The van der Waals surface area contributed by atoms with Gasteiger partial charge < -0.3 is 20.5 Å². The molecule has 3 aromatic heterocycles. The van der Waals surface area contributed by atoms with Crippen LogP contribution in [0.2, 0.25) is 0 Å². The summed E-state index contributed by atoms with van der Waals surface area (Å²) in [4.78, 5) is 19.9. The van der Waals surface area contributed by atoms with E-state index in [0.29, 0.717) is 12.5 Å². The number of anilines is 2. The first kappa shape index (κ1) is 18.1. The van der Waals surface area contributed by atoms with Crippen molar-refractivity contribution < 1.29 is 0 Å². The smallest absolute Gasteiger partial charge is 0.230 e. The van der Waals surface area contributed by atoms with Crippen LogP contribution in [0.15, 0.2) is 34.9 Å². The summed E-state index contributed by atoms with van der Waals surface area (Å²) < 4.78 is 2.58. The topological polar surface area (TPSA) is 99.1 Å². The molecule has 2 aliphatic rings. The number of hydrogen-bond acceptors (Lipinski definition) is 7. The van der Waals surface area contributed by atoms with E-state index < -0.39 is 0 Å². The zero-order chi connectivity index (χ0) is 20.1. The molecule has 1 spiro atoms. The average molecular weight is 468 g/mol. The van der Waals surface area contributed by atoms with Crippen LogP contribution in [0.25, 0.3) is 16.7 Å². The van der Waals surface area contributed by atoms with Gasteiger partial charge in [-0.15, -0.1) is 0 Å². The summed E-state index contributed by atoms with van der Waals surface area (Å²) in [7, 11) is 0. The number of nitrogens with one attached hydrogen (secondary N) is 3. The van der Waals surface area contributed by atoms with Gasteiger partial charge in [0.2, 0.25) is 11.9 Å². The number of imidazole rings is 1. The highest BCUT2D eigenvalue weighted by Gasteiger charge is 2.41. The van der Waals surface area contributed by atoms with Gasteiger partial charge in [-0.25, -0.2) is 4.98 Å². The lowest BCUT2D eigenvalue weighted by atomic mass is 9.97. The Kier molecular flexibility index (Phi) is 4.17. The number of para-hydroxylation sites is 2. The molecule has 2 fully saturated rings. The van der Waals surface area contributed by atoms with Crippen molar-refractivity contribution in [1.29, 1.82) is 0 Å². The average Bonchev–Trinajstić information content (AvgIpc) is 3.55. The Labute approximate surface area is 181 Å². The van der Waals surface area contributed by atoms with Gasteiger partial charge >= 0.3 is 0 Å². The summed E-state index contributed by atoms with van der Waals surface area (Å²) in [6.07, 6.45) is 5.35. The monoisotopic (exact) mass is 467 g/mol. The Balaban J connectivity index is 1.31.